The van der Waals surface area contributed by atoms with Crippen molar-refractivity contribution in [3.05, 3.63) is 29.3 Å². The zero-order valence-corrected chi connectivity index (χ0v) is 14.1. The number of nitrogens with zero attached hydrogens (tertiary/aromatic N) is 2. The first-order chi connectivity index (χ1) is 11.3. The number of hydrogen-bond acceptors (Lipinski definition) is 6. The second kappa shape index (κ2) is 7.84. The molecule has 10 heteroatoms. The summed E-state index contributed by atoms with van der Waals surface area (Å²) in [6.07, 6.45) is -4.87. The van der Waals surface area contributed by atoms with Gasteiger partial charge in [-0.3, -0.25) is 9.00 Å². The van der Waals surface area contributed by atoms with Crippen molar-refractivity contribution in [2.75, 3.05) is 12.4 Å². The molecule has 0 aliphatic heterocycles. The first-order valence-electron chi connectivity index (χ1n) is 6.85. The van der Waals surface area contributed by atoms with Crippen molar-refractivity contribution in [1.82, 2.24) is 9.97 Å². The number of hydrogen-bond donors (Lipinski definition) is 0. The minimum atomic E-state index is -4.69. The van der Waals surface area contributed by atoms with Gasteiger partial charge < -0.3 is 4.74 Å². The number of aromatic nitrogens is 2. The van der Waals surface area contributed by atoms with E-state index in [0.717, 1.165) is 6.07 Å². The predicted molar refractivity (Wildman–Crippen MR) is 82.9 cm³/mol. The maximum Gasteiger partial charge on any atom is 0.433 e. The molecular formula is C14H13F3N2O3S2. The summed E-state index contributed by atoms with van der Waals surface area (Å²) in [5.74, 6) is -0.777. The number of esters is 1. The predicted octanol–water partition coefficient (Wildman–Crippen LogP) is 3.28. The number of ether oxygens (including phenoxy) is 1. The van der Waals surface area contributed by atoms with Crippen molar-refractivity contribution in [2.24, 2.45) is 0 Å². The van der Waals surface area contributed by atoms with Gasteiger partial charge in [0.15, 0.2) is 0 Å². The molecule has 0 saturated carbocycles. The number of alkyl halides is 3. The fraction of sp³-hybridized carbons (Fsp3) is 0.357. The lowest BCUT2D eigenvalue weighted by atomic mass is 10.3. The highest BCUT2D eigenvalue weighted by molar-refractivity contribution is 7.84. The maximum atomic E-state index is 13.0. The van der Waals surface area contributed by atoms with Crippen LogP contribution in [-0.2, 0) is 26.5 Å². The zero-order chi connectivity index (χ0) is 17.7. The number of carbonyl (C=O) groups excluding carboxylic acids is 1. The first-order valence-corrected chi connectivity index (χ1v) is 9.05. The van der Waals surface area contributed by atoms with Crippen LogP contribution in [0.25, 0.3) is 10.6 Å². The highest BCUT2D eigenvalue weighted by Gasteiger charge is 2.34. The molecule has 0 spiro atoms. The molecule has 1 atom stereocenters. The van der Waals surface area contributed by atoms with Gasteiger partial charge >= 0.3 is 12.1 Å². The molecule has 1 unspecified atom stereocenters. The van der Waals surface area contributed by atoms with E-state index in [0.29, 0.717) is 4.88 Å². The second-order valence-corrected chi connectivity index (χ2v) is 6.91. The lowest BCUT2D eigenvalue weighted by molar-refractivity contribution is -0.143. The molecule has 0 saturated heterocycles. The molecule has 2 heterocycles. The quantitative estimate of drug-likeness (QED) is 0.570. The van der Waals surface area contributed by atoms with E-state index in [1.165, 1.54) is 11.3 Å². The molecule has 2 aromatic heterocycles. The Morgan fingerprint density at radius 1 is 1.38 bits per heavy atom. The first kappa shape index (κ1) is 18.5. The summed E-state index contributed by atoms with van der Waals surface area (Å²) in [6.45, 7) is 1.80. The third kappa shape index (κ3) is 4.84. The topological polar surface area (TPSA) is 69.2 Å². The monoisotopic (exact) mass is 378 g/mol. The summed E-state index contributed by atoms with van der Waals surface area (Å²) in [4.78, 5) is 19.1. The highest BCUT2D eigenvalue weighted by atomic mass is 32.2. The van der Waals surface area contributed by atoms with Gasteiger partial charge in [0.2, 0.25) is 5.16 Å². The van der Waals surface area contributed by atoms with Crippen LogP contribution in [0.5, 0.6) is 0 Å². The minimum Gasteiger partial charge on any atom is -0.466 e. The van der Waals surface area contributed by atoms with E-state index in [-0.39, 0.29) is 24.5 Å². The standard InChI is InChI=1S/C14H13F3N2O3S2/c1-2-22-12(20)5-7-24(21)13-18-9(10-4-3-6-23-10)8-11(19-13)14(15,16)17/h3-4,6,8H,2,5,7H2,1H3. The number of halogens is 3. The number of rotatable bonds is 6. The summed E-state index contributed by atoms with van der Waals surface area (Å²) in [6, 6.07) is 4.10. The Bertz CT molecular complexity index is 733. The van der Waals surface area contributed by atoms with E-state index in [2.05, 4.69) is 9.97 Å². The second-order valence-electron chi connectivity index (χ2n) is 4.50. The summed E-state index contributed by atoms with van der Waals surface area (Å²) >= 11 is 1.21. The molecular weight excluding hydrogens is 365 g/mol. The Morgan fingerprint density at radius 2 is 2.12 bits per heavy atom. The molecule has 0 fully saturated rings. The van der Waals surface area contributed by atoms with Crippen LogP contribution in [-0.4, -0.2) is 32.5 Å². The molecule has 0 amide bonds. The molecule has 5 nitrogen and oxygen atoms in total. The van der Waals surface area contributed by atoms with Crippen LogP contribution in [0.3, 0.4) is 0 Å². The summed E-state index contributed by atoms with van der Waals surface area (Å²) in [7, 11) is -1.94. The molecule has 0 bridgehead atoms. The van der Waals surface area contributed by atoms with E-state index in [9.17, 15) is 22.2 Å². The number of thiophene rings is 1. The van der Waals surface area contributed by atoms with Gasteiger partial charge in [-0.2, -0.15) is 13.2 Å². The lowest BCUT2D eigenvalue weighted by Gasteiger charge is -2.09. The van der Waals surface area contributed by atoms with Gasteiger partial charge in [-0.1, -0.05) is 6.07 Å². The summed E-state index contributed by atoms with van der Waals surface area (Å²) in [5, 5.41) is 1.25. The van der Waals surface area contributed by atoms with E-state index in [1.807, 2.05) is 0 Å². The molecule has 0 N–H and O–H groups in total. The minimum absolute atomic E-state index is 0.0480. The summed E-state index contributed by atoms with van der Waals surface area (Å²) < 4.78 is 55.9. The molecule has 2 aromatic rings. The van der Waals surface area contributed by atoms with Crippen molar-refractivity contribution in [2.45, 2.75) is 24.7 Å². The van der Waals surface area contributed by atoms with Crippen molar-refractivity contribution in [1.29, 1.82) is 0 Å². The molecule has 0 radical (unpaired) electrons. The molecule has 2 rings (SSSR count). The Hall–Kier alpha value is -1.81. The van der Waals surface area contributed by atoms with Crippen molar-refractivity contribution < 1.29 is 26.9 Å². The molecule has 130 valence electrons. The maximum absolute atomic E-state index is 13.0. The highest BCUT2D eigenvalue weighted by Crippen LogP contribution is 2.32. The third-order valence-electron chi connectivity index (χ3n) is 2.77. The molecule has 0 aromatic carbocycles. The summed E-state index contributed by atoms with van der Waals surface area (Å²) in [5.41, 5.74) is -1.12. The third-order valence-corrected chi connectivity index (χ3v) is 4.83. The van der Waals surface area contributed by atoms with Gasteiger partial charge in [-0.15, -0.1) is 11.3 Å². The van der Waals surface area contributed by atoms with Crippen LogP contribution >= 0.6 is 11.3 Å². The fourth-order valence-electron chi connectivity index (χ4n) is 1.72. The van der Waals surface area contributed by atoms with E-state index < -0.39 is 33.8 Å². The van der Waals surface area contributed by atoms with Gasteiger partial charge in [0, 0.05) is 5.75 Å². The normalized spacial score (nSPS) is 12.8. The Balaban J connectivity index is 2.30. The van der Waals surface area contributed by atoms with Gasteiger partial charge in [-0.25, -0.2) is 9.97 Å². The largest absolute Gasteiger partial charge is 0.466 e. The van der Waals surface area contributed by atoms with Crippen LogP contribution < -0.4 is 0 Å². The smallest absolute Gasteiger partial charge is 0.433 e. The average Bonchev–Trinajstić information content (AvgIpc) is 3.06. The van der Waals surface area contributed by atoms with Gasteiger partial charge in [-0.05, 0) is 24.4 Å². The van der Waals surface area contributed by atoms with Gasteiger partial charge in [0.1, 0.15) is 5.69 Å². The van der Waals surface area contributed by atoms with Gasteiger partial charge in [0.05, 0.1) is 34.4 Å². The Morgan fingerprint density at radius 3 is 2.71 bits per heavy atom. The van der Waals surface area contributed by atoms with Crippen molar-refractivity contribution in [3.63, 3.8) is 0 Å². The Labute approximate surface area is 142 Å². The number of carbonyl (C=O) groups is 1. The fourth-order valence-corrected chi connectivity index (χ4v) is 3.34. The molecule has 24 heavy (non-hydrogen) atoms. The van der Waals surface area contributed by atoms with Crippen LogP contribution in [0.4, 0.5) is 13.2 Å². The SMILES string of the molecule is CCOC(=O)CCS(=O)c1nc(-c2cccs2)cc(C(F)(F)F)n1. The Kier molecular flexibility index (Phi) is 6.05. The molecule has 0 aliphatic carbocycles. The van der Waals surface area contributed by atoms with E-state index in [1.54, 1.807) is 24.4 Å². The van der Waals surface area contributed by atoms with Crippen LogP contribution in [0.1, 0.15) is 19.0 Å². The molecule has 0 aliphatic rings. The zero-order valence-electron chi connectivity index (χ0n) is 12.5. The lowest BCUT2D eigenvalue weighted by Crippen LogP contribution is -2.15. The van der Waals surface area contributed by atoms with Crippen molar-refractivity contribution in [3.8, 4) is 10.6 Å². The van der Waals surface area contributed by atoms with Crippen LogP contribution in [0.2, 0.25) is 0 Å². The van der Waals surface area contributed by atoms with E-state index in [4.69, 9.17) is 4.74 Å². The van der Waals surface area contributed by atoms with Crippen LogP contribution in [0.15, 0.2) is 28.7 Å². The van der Waals surface area contributed by atoms with E-state index >= 15 is 0 Å². The van der Waals surface area contributed by atoms with Crippen LogP contribution in [0, 0.1) is 0 Å². The average molecular weight is 378 g/mol. The van der Waals surface area contributed by atoms with Crippen molar-refractivity contribution >= 4 is 28.1 Å². The van der Waals surface area contributed by atoms with Gasteiger partial charge in [0.25, 0.3) is 0 Å².